The topological polar surface area (TPSA) is 56.6 Å². The van der Waals surface area contributed by atoms with Crippen molar-refractivity contribution < 1.29 is 10.2 Å². The Morgan fingerprint density at radius 3 is 2.82 bits per heavy atom. The van der Waals surface area contributed by atoms with Crippen molar-refractivity contribution in [1.29, 1.82) is 0 Å². The van der Waals surface area contributed by atoms with Crippen LogP contribution in [0.25, 0.3) is 0 Å². The molecule has 0 saturated heterocycles. The third kappa shape index (κ3) is 2.58. The van der Waals surface area contributed by atoms with Gasteiger partial charge in [-0.1, -0.05) is 6.07 Å². The zero-order chi connectivity index (χ0) is 12.3. The van der Waals surface area contributed by atoms with Crippen LogP contribution >= 0.6 is 0 Å². The Morgan fingerprint density at radius 1 is 1.53 bits per heavy atom. The number of anilines is 1. The van der Waals surface area contributed by atoms with Crippen LogP contribution in [0.4, 0.5) is 5.82 Å². The highest BCUT2D eigenvalue weighted by Crippen LogP contribution is 2.32. The fraction of sp³-hybridized carbons (Fsp3) is 0.615. The highest BCUT2D eigenvalue weighted by atomic mass is 16.3. The number of rotatable bonds is 5. The SMILES string of the molecule is CC(O)c1cccnc1N(CCO)C1CCC1. The van der Waals surface area contributed by atoms with Crippen molar-refractivity contribution in [3.8, 4) is 0 Å². The molecule has 1 atom stereocenters. The number of aliphatic hydroxyl groups excluding tert-OH is 2. The minimum Gasteiger partial charge on any atom is -0.395 e. The molecular formula is C13H20N2O2. The molecule has 0 spiro atoms. The first-order valence-electron chi connectivity index (χ1n) is 6.24. The van der Waals surface area contributed by atoms with Gasteiger partial charge in [-0.15, -0.1) is 0 Å². The van der Waals surface area contributed by atoms with Gasteiger partial charge in [0.15, 0.2) is 0 Å². The van der Waals surface area contributed by atoms with Crippen molar-refractivity contribution in [2.75, 3.05) is 18.1 Å². The maximum atomic E-state index is 9.76. The third-order valence-electron chi connectivity index (χ3n) is 3.40. The number of hydrogen-bond donors (Lipinski definition) is 2. The lowest BCUT2D eigenvalue weighted by atomic mass is 9.91. The summed E-state index contributed by atoms with van der Waals surface area (Å²) >= 11 is 0. The zero-order valence-electron chi connectivity index (χ0n) is 10.2. The van der Waals surface area contributed by atoms with Crippen molar-refractivity contribution in [3.63, 3.8) is 0 Å². The predicted octanol–water partition coefficient (Wildman–Crippen LogP) is 1.49. The van der Waals surface area contributed by atoms with Crippen LogP contribution in [0.3, 0.4) is 0 Å². The van der Waals surface area contributed by atoms with Crippen LogP contribution in [-0.4, -0.2) is 34.4 Å². The highest BCUT2D eigenvalue weighted by Gasteiger charge is 2.27. The molecule has 2 N–H and O–H groups in total. The lowest BCUT2D eigenvalue weighted by molar-refractivity contribution is 0.198. The van der Waals surface area contributed by atoms with Gasteiger partial charge in [-0.25, -0.2) is 4.98 Å². The number of aliphatic hydroxyl groups is 2. The Balaban J connectivity index is 2.27. The summed E-state index contributed by atoms with van der Waals surface area (Å²) < 4.78 is 0. The summed E-state index contributed by atoms with van der Waals surface area (Å²) in [6.07, 6.45) is 4.75. The second-order valence-electron chi connectivity index (χ2n) is 4.59. The van der Waals surface area contributed by atoms with E-state index in [1.165, 1.54) is 6.42 Å². The van der Waals surface area contributed by atoms with Crippen molar-refractivity contribution in [1.82, 2.24) is 4.98 Å². The molecular weight excluding hydrogens is 216 g/mol. The zero-order valence-corrected chi connectivity index (χ0v) is 10.2. The van der Waals surface area contributed by atoms with Crippen LogP contribution in [0, 0.1) is 0 Å². The van der Waals surface area contributed by atoms with Gasteiger partial charge in [0.25, 0.3) is 0 Å². The lowest BCUT2D eigenvalue weighted by Gasteiger charge is -2.39. The lowest BCUT2D eigenvalue weighted by Crippen LogP contribution is -2.43. The average Bonchev–Trinajstić information content (AvgIpc) is 2.26. The molecule has 1 unspecified atom stereocenters. The smallest absolute Gasteiger partial charge is 0.134 e. The molecule has 0 bridgehead atoms. The summed E-state index contributed by atoms with van der Waals surface area (Å²) in [5.41, 5.74) is 0.841. The molecule has 4 nitrogen and oxygen atoms in total. The third-order valence-corrected chi connectivity index (χ3v) is 3.40. The van der Waals surface area contributed by atoms with E-state index < -0.39 is 6.10 Å². The van der Waals surface area contributed by atoms with Crippen LogP contribution in [0.2, 0.25) is 0 Å². The van der Waals surface area contributed by atoms with Crippen molar-refractivity contribution >= 4 is 5.82 Å². The average molecular weight is 236 g/mol. The fourth-order valence-corrected chi connectivity index (χ4v) is 2.24. The molecule has 0 radical (unpaired) electrons. The van der Waals surface area contributed by atoms with E-state index in [-0.39, 0.29) is 6.61 Å². The molecule has 1 aromatic rings. The summed E-state index contributed by atoms with van der Waals surface area (Å²) in [6.45, 7) is 2.45. The first-order chi connectivity index (χ1) is 8.24. The summed E-state index contributed by atoms with van der Waals surface area (Å²) in [6, 6.07) is 4.20. The van der Waals surface area contributed by atoms with Gasteiger partial charge in [0.1, 0.15) is 5.82 Å². The van der Waals surface area contributed by atoms with Crippen LogP contribution in [0.1, 0.15) is 37.9 Å². The second-order valence-corrected chi connectivity index (χ2v) is 4.59. The van der Waals surface area contributed by atoms with Crippen LogP contribution in [0.5, 0.6) is 0 Å². The number of pyridine rings is 1. The Kier molecular flexibility index (Phi) is 3.97. The van der Waals surface area contributed by atoms with E-state index in [2.05, 4.69) is 9.88 Å². The minimum absolute atomic E-state index is 0.117. The molecule has 1 aliphatic rings. The van der Waals surface area contributed by atoms with E-state index in [9.17, 15) is 5.11 Å². The molecule has 2 rings (SSSR count). The van der Waals surface area contributed by atoms with E-state index >= 15 is 0 Å². The largest absolute Gasteiger partial charge is 0.395 e. The number of aromatic nitrogens is 1. The quantitative estimate of drug-likeness (QED) is 0.813. The Bertz CT molecular complexity index is 364. The predicted molar refractivity (Wildman–Crippen MR) is 66.9 cm³/mol. The molecule has 17 heavy (non-hydrogen) atoms. The summed E-state index contributed by atoms with van der Waals surface area (Å²) in [7, 11) is 0. The maximum absolute atomic E-state index is 9.76. The first-order valence-corrected chi connectivity index (χ1v) is 6.24. The molecule has 94 valence electrons. The van der Waals surface area contributed by atoms with Gasteiger partial charge in [0.05, 0.1) is 12.7 Å². The molecule has 1 heterocycles. The Labute approximate surface area is 102 Å². The second kappa shape index (κ2) is 5.47. The molecule has 0 aliphatic heterocycles. The van der Waals surface area contributed by atoms with Crippen molar-refractivity contribution in [2.24, 2.45) is 0 Å². The standard InChI is InChI=1S/C13H20N2O2/c1-10(17)12-6-3-7-14-13(12)15(8-9-16)11-4-2-5-11/h3,6-7,10-11,16-17H,2,4-5,8-9H2,1H3. The van der Waals surface area contributed by atoms with E-state index in [0.717, 1.165) is 24.2 Å². The molecule has 1 saturated carbocycles. The van der Waals surface area contributed by atoms with E-state index in [0.29, 0.717) is 12.6 Å². The minimum atomic E-state index is -0.528. The summed E-state index contributed by atoms with van der Waals surface area (Å²) in [5.74, 6) is 0.821. The molecule has 4 heteroatoms. The van der Waals surface area contributed by atoms with Crippen molar-refractivity contribution in [3.05, 3.63) is 23.9 Å². The maximum Gasteiger partial charge on any atom is 0.134 e. The van der Waals surface area contributed by atoms with Crippen LogP contribution in [-0.2, 0) is 0 Å². The number of hydrogen-bond acceptors (Lipinski definition) is 4. The normalized spacial score (nSPS) is 17.6. The molecule has 1 aromatic heterocycles. The van der Waals surface area contributed by atoms with Gasteiger partial charge in [-0.2, -0.15) is 0 Å². The fourth-order valence-electron chi connectivity index (χ4n) is 2.24. The van der Waals surface area contributed by atoms with Crippen LogP contribution < -0.4 is 4.90 Å². The van der Waals surface area contributed by atoms with Gasteiger partial charge in [-0.05, 0) is 32.3 Å². The molecule has 1 aliphatic carbocycles. The molecule has 0 amide bonds. The van der Waals surface area contributed by atoms with E-state index in [1.54, 1.807) is 13.1 Å². The van der Waals surface area contributed by atoms with E-state index in [1.807, 2.05) is 12.1 Å². The van der Waals surface area contributed by atoms with E-state index in [4.69, 9.17) is 5.11 Å². The first kappa shape index (κ1) is 12.3. The Morgan fingerprint density at radius 2 is 2.29 bits per heavy atom. The molecule has 0 aromatic carbocycles. The summed E-state index contributed by atoms with van der Waals surface area (Å²) in [4.78, 5) is 6.51. The van der Waals surface area contributed by atoms with Gasteiger partial charge >= 0.3 is 0 Å². The van der Waals surface area contributed by atoms with Crippen molar-refractivity contribution in [2.45, 2.75) is 38.3 Å². The van der Waals surface area contributed by atoms with Crippen LogP contribution in [0.15, 0.2) is 18.3 Å². The van der Waals surface area contributed by atoms with Gasteiger partial charge in [0.2, 0.25) is 0 Å². The van der Waals surface area contributed by atoms with Gasteiger partial charge < -0.3 is 15.1 Å². The summed E-state index contributed by atoms with van der Waals surface area (Å²) in [5, 5.41) is 18.9. The molecule has 1 fully saturated rings. The monoisotopic (exact) mass is 236 g/mol. The Hall–Kier alpha value is -1.13. The number of nitrogens with zero attached hydrogens (tertiary/aromatic N) is 2. The van der Waals surface area contributed by atoms with Gasteiger partial charge in [0, 0.05) is 24.3 Å². The van der Waals surface area contributed by atoms with Gasteiger partial charge in [-0.3, -0.25) is 0 Å². The highest BCUT2D eigenvalue weighted by molar-refractivity contribution is 5.49.